The molecule has 0 spiro atoms. The van der Waals surface area contributed by atoms with Crippen LogP contribution < -0.4 is 0 Å². The van der Waals surface area contributed by atoms with Crippen LogP contribution in [0.5, 0.6) is 0 Å². The van der Waals surface area contributed by atoms with Gasteiger partial charge in [-0.3, -0.25) is 0 Å². The van der Waals surface area contributed by atoms with Gasteiger partial charge in [0.1, 0.15) is 6.33 Å². The molecule has 4 aromatic rings. The van der Waals surface area contributed by atoms with Crippen LogP contribution in [0.3, 0.4) is 0 Å². The molecule has 0 aliphatic heterocycles. The summed E-state index contributed by atoms with van der Waals surface area (Å²) >= 11 is 1.80. The molecule has 4 nitrogen and oxygen atoms in total. The van der Waals surface area contributed by atoms with Crippen molar-refractivity contribution in [3.63, 3.8) is 0 Å². The van der Waals surface area contributed by atoms with E-state index in [2.05, 4.69) is 75.9 Å². The molecule has 0 amide bonds. The zero-order valence-corrected chi connectivity index (χ0v) is 17.7. The van der Waals surface area contributed by atoms with Gasteiger partial charge in [0.15, 0.2) is 5.65 Å². The minimum atomic E-state index is -0.0188. The Kier molecular flexibility index (Phi) is 4.11. The van der Waals surface area contributed by atoms with Crippen LogP contribution in [0.4, 0.5) is 0 Å². The molecule has 140 valence electrons. The van der Waals surface area contributed by atoms with Gasteiger partial charge in [0.05, 0.1) is 15.2 Å². The van der Waals surface area contributed by atoms with E-state index >= 15 is 0 Å². The van der Waals surface area contributed by atoms with Gasteiger partial charge in [-0.2, -0.15) is 5.10 Å². The van der Waals surface area contributed by atoms with Crippen molar-refractivity contribution in [2.45, 2.75) is 58.8 Å². The zero-order valence-electron chi connectivity index (χ0n) is 16.9. The van der Waals surface area contributed by atoms with Gasteiger partial charge < -0.3 is 0 Å². The van der Waals surface area contributed by atoms with E-state index in [1.165, 1.54) is 21.4 Å². The maximum absolute atomic E-state index is 4.78. The summed E-state index contributed by atoms with van der Waals surface area (Å²) in [5.41, 5.74) is 6.11. The molecule has 0 N–H and O–H groups in total. The standard InChI is InChI=1S/C22H26N4S/c1-14-25-18-10-17(21(2,3)4)9-15(20(18)27-14)12-22(5,6)16-7-8-26-19(11-16)23-13-24-26/h7-11,13H,12H2,1-6H3. The molecule has 0 saturated carbocycles. The zero-order chi connectivity index (χ0) is 19.4. The quantitative estimate of drug-likeness (QED) is 0.475. The van der Waals surface area contributed by atoms with Crippen molar-refractivity contribution in [1.82, 2.24) is 19.6 Å². The summed E-state index contributed by atoms with van der Waals surface area (Å²) in [6.45, 7) is 13.5. The third kappa shape index (κ3) is 3.36. The summed E-state index contributed by atoms with van der Waals surface area (Å²) < 4.78 is 3.13. The van der Waals surface area contributed by atoms with Crippen LogP contribution in [-0.4, -0.2) is 19.6 Å². The first kappa shape index (κ1) is 18.1. The smallest absolute Gasteiger partial charge is 0.155 e. The predicted octanol–water partition coefficient (Wildman–Crippen LogP) is 5.47. The number of pyridine rings is 1. The first-order valence-electron chi connectivity index (χ1n) is 9.34. The van der Waals surface area contributed by atoms with E-state index in [0.29, 0.717) is 0 Å². The molecule has 0 radical (unpaired) electrons. The van der Waals surface area contributed by atoms with E-state index in [4.69, 9.17) is 4.98 Å². The molecular weight excluding hydrogens is 352 g/mol. The van der Waals surface area contributed by atoms with Crippen LogP contribution in [0.2, 0.25) is 0 Å². The van der Waals surface area contributed by atoms with Gasteiger partial charge in [0, 0.05) is 6.20 Å². The molecule has 0 atom stereocenters. The summed E-state index contributed by atoms with van der Waals surface area (Å²) in [7, 11) is 0. The Morgan fingerprint density at radius 2 is 1.81 bits per heavy atom. The lowest BCUT2D eigenvalue weighted by Gasteiger charge is -2.27. The van der Waals surface area contributed by atoms with Crippen molar-refractivity contribution in [3.8, 4) is 0 Å². The summed E-state index contributed by atoms with van der Waals surface area (Å²) in [5, 5.41) is 5.33. The lowest BCUT2D eigenvalue weighted by molar-refractivity contribution is 0.522. The van der Waals surface area contributed by atoms with Crippen molar-refractivity contribution in [1.29, 1.82) is 0 Å². The lowest BCUT2D eigenvalue weighted by Crippen LogP contribution is -2.21. The largest absolute Gasteiger partial charge is 0.241 e. The van der Waals surface area contributed by atoms with Crippen molar-refractivity contribution >= 4 is 27.2 Å². The Balaban J connectivity index is 1.81. The number of rotatable bonds is 3. The summed E-state index contributed by atoms with van der Waals surface area (Å²) in [4.78, 5) is 9.13. The minimum absolute atomic E-state index is 0.0188. The fourth-order valence-electron chi connectivity index (χ4n) is 3.59. The number of fused-ring (bicyclic) bond motifs is 2. The number of thiazole rings is 1. The normalized spacial score (nSPS) is 13.0. The van der Waals surface area contributed by atoms with Crippen LogP contribution in [-0.2, 0) is 17.3 Å². The van der Waals surface area contributed by atoms with Crippen LogP contribution in [0, 0.1) is 6.92 Å². The second-order valence-electron chi connectivity index (χ2n) is 9.01. The van der Waals surface area contributed by atoms with Gasteiger partial charge in [-0.1, -0.05) is 40.7 Å². The molecular formula is C22H26N4S. The number of benzene rings is 1. The summed E-state index contributed by atoms with van der Waals surface area (Å²) in [6.07, 6.45) is 4.55. The van der Waals surface area contributed by atoms with E-state index in [-0.39, 0.29) is 10.8 Å². The first-order chi connectivity index (χ1) is 12.6. The maximum Gasteiger partial charge on any atom is 0.155 e. The van der Waals surface area contributed by atoms with Gasteiger partial charge >= 0.3 is 0 Å². The average Bonchev–Trinajstić information content (AvgIpc) is 3.18. The monoisotopic (exact) mass is 378 g/mol. The highest BCUT2D eigenvalue weighted by Crippen LogP contribution is 2.36. The van der Waals surface area contributed by atoms with Crippen molar-refractivity contribution in [3.05, 3.63) is 58.5 Å². The van der Waals surface area contributed by atoms with E-state index in [1.54, 1.807) is 17.7 Å². The molecule has 3 aromatic heterocycles. The SMILES string of the molecule is Cc1nc2cc(C(C)(C)C)cc(CC(C)(C)c3ccn4ncnc4c3)c2s1. The molecule has 0 aliphatic carbocycles. The van der Waals surface area contributed by atoms with E-state index in [9.17, 15) is 0 Å². The van der Waals surface area contributed by atoms with Crippen molar-refractivity contribution in [2.75, 3.05) is 0 Å². The fraction of sp³-hybridized carbons (Fsp3) is 0.409. The Labute approximate surface area is 164 Å². The van der Waals surface area contributed by atoms with E-state index in [1.807, 2.05) is 10.7 Å². The maximum atomic E-state index is 4.78. The topological polar surface area (TPSA) is 43.1 Å². The predicted molar refractivity (Wildman–Crippen MR) is 113 cm³/mol. The molecule has 1 aromatic carbocycles. The molecule has 0 saturated heterocycles. The van der Waals surface area contributed by atoms with Crippen molar-refractivity contribution in [2.24, 2.45) is 0 Å². The molecule has 0 bridgehead atoms. The highest BCUT2D eigenvalue weighted by molar-refractivity contribution is 7.18. The van der Waals surface area contributed by atoms with Crippen LogP contribution in [0.15, 0.2) is 36.8 Å². The molecule has 27 heavy (non-hydrogen) atoms. The molecule has 5 heteroatoms. The fourth-order valence-corrected chi connectivity index (χ4v) is 4.50. The molecule has 3 heterocycles. The van der Waals surface area contributed by atoms with Gasteiger partial charge in [-0.05, 0) is 59.1 Å². The number of hydrogen-bond acceptors (Lipinski definition) is 4. The third-order valence-electron chi connectivity index (χ3n) is 5.23. The van der Waals surface area contributed by atoms with Gasteiger partial charge in [-0.15, -0.1) is 11.3 Å². The Morgan fingerprint density at radius 1 is 1.04 bits per heavy atom. The molecule has 0 fully saturated rings. The van der Waals surface area contributed by atoms with Gasteiger partial charge in [0.2, 0.25) is 0 Å². The van der Waals surface area contributed by atoms with Crippen LogP contribution in [0.25, 0.3) is 15.9 Å². The van der Waals surface area contributed by atoms with E-state index in [0.717, 1.165) is 22.6 Å². The summed E-state index contributed by atoms with van der Waals surface area (Å²) in [5.74, 6) is 0. The Bertz CT molecular complexity index is 1130. The number of aryl methyl sites for hydroxylation is 1. The van der Waals surface area contributed by atoms with Gasteiger partial charge in [-0.25, -0.2) is 14.5 Å². The molecule has 0 aliphatic rings. The summed E-state index contributed by atoms with van der Waals surface area (Å²) in [6, 6.07) is 8.95. The first-order valence-corrected chi connectivity index (χ1v) is 10.2. The third-order valence-corrected chi connectivity index (χ3v) is 6.30. The molecule has 0 unspecified atom stereocenters. The average molecular weight is 379 g/mol. The minimum Gasteiger partial charge on any atom is -0.241 e. The highest BCUT2D eigenvalue weighted by atomic mass is 32.1. The second kappa shape index (κ2) is 6.13. The molecule has 4 rings (SSSR count). The highest BCUT2D eigenvalue weighted by Gasteiger charge is 2.25. The lowest BCUT2D eigenvalue weighted by atomic mass is 9.78. The van der Waals surface area contributed by atoms with Crippen LogP contribution >= 0.6 is 11.3 Å². The Morgan fingerprint density at radius 3 is 2.56 bits per heavy atom. The number of hydrogen-bond donors (Lipinski definition) is 0. The second-order valence-corrected chi connectivity index (χ2v) is 10.2. The number of nitrogens with zero attached hydrogens (tertiary/aromatic N) is 4. The Hall–Kier alpha value is -2.27. The van der Waals surface area contributed by atoms with Gasteiger partial charge in [0.25, 0.3) is 0 Å². The van der Waals surface area contributed by atoms with E-state index < -0.39 is 0 Å². The number of aromatic nitrogens is 4. The van der Waals surface area contributed by atoms with Crippen molar-refractivity contribution < 1.29 is 0 Å². The van der Waals surface area contributed by atoms with Crippen LogP contribution in [0.1, 0.15) is 56.3 Å².